The van der Waals surface area contributed by atoms with E-state index in [0.717, 1.165) is 33.6 Å². The highest BCUT2D eigenvalue weighted by Gasteiger charge is 2.41. The molecule has 4 atom stereocenters. The van der Waals surface area contributed by atoms with Crippen LogP contribution in [0.5, 0.6) is 11.5 Å². The van der Waals surface area contributed by atoms with Crippen LogP contribution in [0.4, 0.5) is 11.4 Å². The SMILES string of the molecule is [C-]#[N+]c1ccc(C[C@@H](c2nnc(-c3ccc(O)cc3)o2)[C@@H](C)O)c(C)c1Cl.[C-]#[N+]c1ccc(C[C@@H](c2nnc(-c3ccc(O[Si](C)(C)C(C)(C)C)cc3)o2)[C@@H](C)O[Si](C)(C)C(C)(C)C)c(C)c1Cl. The van der Waals surface area contributed by atoms with Crippen molar-refractivity contribution in [3.63, 3.8) is 0 Å². The Morgan fingerprint density at radius 3 is 1.46 bits per heavy atom. The molecule has 360 valence electrons. The van der Waals surface area contributed by atoms with E-state index in [1.807, 2.05) is 50.2 Å². The Morgan fingerprint density at radius 2 is 1.04 bits per heavy atom. The third kappa shape index (κ3) is 12.7. The zero-order valence-corrected chi connectivity index (χ0v) is 45.1. The second kappa shape index (κ2) is 21.5. The number of aliphatic hydroxyl groups is 1. The summed E-state index contributed by atoms with van der Waals surface area (Å²) in [7, 11) is -4.02. The number of aromatic nitrogens is 4. The van der Waals surface area contributed by atoms with E-state index in [1.54, 1.807) is 31.2 Å². The van der Waals surface area contributed by atoms with Gasteiger partial charge in [0.1, 0.15) is 11.5 Å². The Kier molecular flexibility index (Phi) is 17.0. The molecule has 0 saturated heterocycles. The van der Waals surface area contributed by atoms with E-state index >= 15 is 0 Å². The van der Waals surface area contributed by atoms with Gasteiger partial charge in [-0.15, -0.1) is 20.4 Å². The van der Waals surface area contributed by atoms with Crippen LogP contribution in [-0.4, -0.2) is 59.5 Å². The molecule has 0 amide bonds. The van der Waals surface area contributed by atoms with Crippen LogP contribution in [-0.2, 0) is 17.3 Å². The molecule has 0 aliphatic carbocycles. The Bertz CT molecular complexity index is 2760. The maximum Gasteiger partial charge on any atom is 0.250 e. The molecule has 6 rings (SSSR count). The average Bonchev–Trinajstić information content (AvgIpc) is 3.96. The van der Waals surface area contributed by atoms with Crippen LogP contribution in [0.25, 0.3) is 32.6 Å². The molecule has 0 fully saturated rings. The minimum absolute atomic E-state index is 0.0521. The van der Waals surface area contributed by atoms with Crippen molar-refractivity contribution in [2.75, 3.05) is 0 Å². The first-order valence-electron chi connectivity index (χ1n) is 22.6. The molecule has 0 bridgehead atoms. The normalized spacial score (nSPS) is 13.9. The number of halogens is 2. The maximum absolute atomic E-state index is 10.3. The summed E-state index contributed by atoms with van der Waals surface area (Å²) < 4.78 is 25.4. The van der Waals surface area contributed by atoms with E-state index in [9.17, 15) is 10.2 Å². The van der Waals surface area contributed by atoms with Crippen LogP contribution < -0.4 is 4.43 Å². The van der Waals surface area contributed by atoms with E-state index in [1.165, 1.54) is 12.1 Å². The van der Waals surface area contributed by atoms with Gasteiger partial charge < -0.3 is 27.9 Å². The molecular weight excluding hydrogens is 932 g/mol. The first kappa shape index (κ1) is 53.6. The van der Waals surface area contributed by atoms with Crippen LogP contribution in [0.15, 0.2) is 81.6 Å². The van der Waals surface area contributed by atoms with Crippen molar-refractivity contribution in [1.29, 1.82) is 0 Å². The van der Waals surface area contributed by atoms with Crippen molar-refractivity contribution in [3.05, 3.63) is 140 Å². The molecule has 0 spiro atoms. The summed E-state index contributed by atoms with van der Waals surface area (Å²) in [5.41, 5.74) is 6.00. The molecule has 2 heterocycles. The lowest BCUT2D eigenvalue weighted by Gasteiger charge is -2.40. The van der Waals surface area contributed by atoms with E-state index in [4.69, 9.17) is 54.0 Å². The lowest BCUT2D eigenvalue weighted by molar-refractivity contribution is 0.148. The molecule has 2 aromatic heterocycles. The van der Waals surface area contributed by atoms with Crippen LogP contribution in [0, 0.1) is 27.0 Å². The standard InChI is InChI=1S/C32H46ClN3O3Si2.C20H18ClN3O3/c1-21-24(16-19-27(34-9)28(21)33)20-26(22(2)38-40(10,11)31(3,4)5)30-36-35-29(37-30)23-14-17-25(18-15-23)39-41(12,13)32(6,7)8;1-11-14(6-9-17(22-3)18(11)21)10-16(12(2)25)20-24-23-19(27-20)13-4-7-15(26)8-5-13/h14-19,22,26H,20H2,1-8,10-13H3;4-9,12,16,25-26H,10H2,1-2H3/t22-,26-;12-,16-/m11/s1. The fourth-order valence-corrected chi connectivity index (χ4v) is 9.80. The third-order valence-electron chi connectivity index (χ3n) is 13.4. The smallest absolute Gasteiger partial charge is 0.250 e. The van der Waals surface area contributed by atoms with Crippen LogP contribution in [0.1, 0.15) is 101 Å². The zero-order valence-electron chi connectivity index (χ0n) is 41.6. The van der Waals surface area contributed by atoms with Gasteiger partial charge in [0.2, 0.25) is 43.3 Å². The van der Waals surface area contributed by atoms with Gasteiger partial charge in [0.05, 0.1) is 47.2 Å². The molecular formula is C52H64Cl2N6O6Si2. The van der Waals surface area contributed by atoms with Gasteiger partial charge in [-0.25, -0.2) is 9.69 Å². The van der Waals surface area contributed by atoms with Crippen molar-refractivity contribution in [2.45, 2.75) is 142 Å². The predicted octanol–water partition coefficient (Wildman–Crippen LogP) is 15.0. The van der Waals surface area contributed by atoms with E-state index in [0.29, 0.717) is 63.4 Å². The number of phenols is 1. The Morgan fingerprint density at radius 1 is 0.632 bits per heavy atom. The number of nitrogens with zero attached hydrogens (tertiary/aromatic N) is 6. The van der Waals surface area contributed by atoms with Crippen molar-refractivity contribution in [1.82, 2.24) is 20.4 Å². The highest BCUT2D eigenvalue weighted by molar-refractivity contribution is 6.75. The quantitative estimate of drug-likeness (QED) is 0.0799. The van der Waals surface area contributed by atoms with Crippen LogP contribution in [0.2, 0.25) is 46.3 Å². The molecule has 4 aromatic carbocycles. The van der Waals surface area contributed by atoms with Gasteiger partial charge in [-0.2, -0.15) is 0 Å². The summed E-state index contributed by atoms with van der Waals surface area (Å²) in [4.78, 5) is 6.94. The number of aromatic hydroxyl groups is 1. The largest absolute Gasteiger partial charge is 0.544 e. The van der Waals surface area contributed by atoms with Gasteiger partial charge in [-0.05, 0) is 148 Å². The Hall–Kier alpha value is -5.33. The second-order valence-electron chi connectivity index (χ2n) is 20.4. The third-order valence-corrected chi connectivity index (χ3v) is 23.3. The average molecular weight is 996 g/mol. The first-order chi connectivity index (χ1) is 31.7. The summed E-state index contributed by atoms with van der Waals surface area (Å²) in [6.45, 7) is 44.5. The Labute approximate surface area is 414 Å². The van der Waals surface area contributed by atoms with Crippen LogP contribution >= 0.6 is 23.2 Å². The number of aliphatic hydroxyl groups excluding tert-OH is 1. The molecule has 0 saturated carbocycles. The summed E-state index contributed by atoms with van der Waals surface area (Å²) >= 11 is 12.8. The molecule has 6 aromatic rings. The minimum atomic E-state index is -2.08. The molecule has 68 heavy (non-hydrogen) atoms. The zero-order chi connectivity index (χ0) is 50.5. The summed E-state index contributed by atoms with van der Waals surface area (Å²) in [6, 6.07) is 21.6. The van der Waals surface area contributed by atoms with Crippen molar-refractivity contribution in [3.8, 4) is 34.4 Å². The fraction of sp³-hybridized carbons (Fsp3) is 0.423. The minimum Gasteiger partial charge on any atom is -0.544 e. The van der Waals surface area contributed by atoms with Crippen molar-refractivity contribution < 1.29 is 27.9 Å². The predicted molar refractivity (Wildman–Crippen MR) is 276 cm³/mol. The topological polar surface area (TPSA) is 145 Å². The summed E-state index contributed by atoms with van der Waals surface area (Å²) in [5, 5.41) is 37.8. The van der Waals surface area contributed by atoms with Crippen LogP contribution in [0.3, 0.4) is 0 Å². The van der Waals surface area contributed by atoms with E-state index in [2.05, 4.69) is 105 Å². The van der Waals surface area contributed by atoms with Gasteiger partial charge in [-0.3, -0.25) is 0 Å². The maximum atomic E-state index is 10.3. The van der Waals surface area contributed by atoms with Crippen molar-refractivity contribution in [2.24, 2.45) is 0 Å². The van der Waals surface area contributed by atoms with Gasteiger partial charge >= 0.3 is 0 Å². The first-order valence-corrected chi connectivity index (χ1v) is 29.2. The number of hydrogen-bond acceptors (Lipinski definition) is 10. The highest BCUT2D eigenvalue weighted by Crippen LogP contribution is 2.42. The lowest BCUT2D eigenvalue weighted by atomic mass is 9.92. The van der Waals surface area contributed by atoms with E-state index < -0.39 is 28.7 Å². The molecule has 16 heteroatoms. The highest BCUT2D eigenvalue weighted by atomic mass is 35.5. The Balaban J connectivity index is 0.000000276. The van der Waals surface area contributed by atoms with Gasteiger partial charge in [0, 0.05) is 11.1 Å². The van der Waals surface area contributed by atoms with Gasteiger partial charge in [0.25, 0.3) is 0 Å². The number of phenolic OH excluding ortho intramolecular Hbond substituents is 1. The molecule has 0 aliphatic heterocycles. The molecule has 0 radical (unpaired) electrons. The second-order valence-corrected chi connectivity index (χ2v) is 30.6. The molecule has 0 aliphatic rings. The number of hydrogen-bond donors (Lipinski definition) is 2. The monoisotopic (exact) mass is 994 g/mol. The molecule has 0 unspecified atom stereocenters. The number of rotatable bonds is 14. The summed E-state index contributed by atoms with van der Waals surface area (Å²) in [5.74, 6) is 2.00. The van der Waals surface area contributed by atoms with Gasteiger partial charge in [-0.1, -0.05) is 89.0 Å². The summed E-state index contributed by atoms with van der Waals surface area (Å²) in [6.07, 6.45) is 0.138. The van der Waals surface area contributed by atoms with Gasteiger partial charge in [0.15, 0.2) is 8.32 Å². The van der Waals surface area contributed by atoms with E-state index in [-0.39, 0.29) is 27.8 Å². The lowest BCUT2D eigenvalue weighted by Crippen LogP contribution is -2.44. The van der Waals surface area contributed by atoms with Crippen molar-refractivity contribution >= 4 is 51.2 Å². The fourth-order valence-electron chi connectivity index (χ4n) is 6.87. The molecule has 12 nitrogen and oxygen atoms in total. The number of benzene rings is 4. The molecule has 2 N–H and O–H groups in total.